The first-order valence-electron chi connectivity index (χ1n) is 5.23. The largest absolute Gasteiger partial charge is 0.547 e. The van der Waals surface area contributed by atoms with Gasteiger partial charge in [0.05, 0.1) is 6.10 Å². The quantitative estimate of drug-likeness (QED) is 0.248. The molecule has 0 radical (unpaired) electrons. The Kier molecular flexibility index (Phi) is 24.1. The van der Waals surface area contributed by atoms with Crippen LogP contribution in [0.15, 0.2) is 0 Å². The van der Waals surface area contributed by atoms with E-state index in [1.54, 1.807) is 0 Å². The maximum Gasteiger partial charge on any atom is 0.0509 e. The normalized spacial score (nSPS) is 15.5. The van der Waals surface area contributed by atoms with Gasteiger partial charge in [-0.3, -0.25) is 0 Å². The van der Waals surface area contributed by atoms with Gasteiger partial charge in [0.25, 0.3) is 0 Å². The molecule has 3 atom stereocenters. The summed E-state index contributed by atoms with van der Waals surface area (Å²) in [6.45, 7) is 5.63. The van der Waals surface area contributed by atoms with E-state index in [0.717, 1.165) is 6.42 Å². The van der Waals surface area contributed by atoms with E-state index in [2.05, 4.69) is 13.3 Å². The topological polar surface area (TPSA) is 9.23 Å². The number of halogens is 4. The fourth-order valence-electron chi connectivity index (χ4n) is 1.01. The van der Waals surface area contributed by atoms with Gasteiger partial charge in [0.2, 0.25) is 0 Å². The molecule has 1 nitrogen and oxygen atoms in total. The molecule has 0 aromatic rings. The second-order valence-corrected chi connectivity index (χ2v) is 5.39. The fourth-order valence-corrected chi connectivity index (χ4v) is 1.98. The monoisotopic (exact) mass is 782 g/mol. The van der Waals surface area contributed by atoms with Crippen molar-refractivity contribution < 1.29 is 67.0 Å². The van der Waals surface area contributed by atoms with Crippen molar-refractivity contribution in [2.45, 2.75) is 37.1 Å². The van der Waals surface area contributed by atoms with Crippen molar-refractivity contribution in [1.29, 1.82) is 0 Å². The molecule has 0 aromatic heterocycles. The van der Waals surface area contributed by atoms with E-state index >= 15 is 0 Å². The van der Waals surface area contributed by atoms with E-state index in [1.165, 1.54) is 6.61 Å². The molecule has 0 rings (SSSR count). The number of alkyl halides is 4. The molecule has 0 N–H and O–H groups in total. The van der Waals surface area contributed by atoms with Crippen LogP contribution in [-0.2, 0) is 4.74 Å². The molecule has 18 heavy (non-hydrogen) atoms. The Labute approximate surface area is 178 Å². The van der Waals surface area contributed by atoms with Crippen LogP contribution in [-0.4, -0.2) is 28.6 Å². The zero-order valence-electron chi connectivity index (χ0n) is 10.5. The molecule has 0 bridgehead atoms. The standard InChI is InChI=1S/C11H18Cl4O.2U/c1-3-8(2)4-10(14)11(15)7-16-9(5-12)6-13;;/h3,7-11H,4-6H2,1-2H3;;/q-2;;/t8-,10?,11?;;/m0../s1. The van der Waals surface area contributed by atoms with E-state index in [0.29, 0.717) is 17.7 Å². The number of ether oxygens (including phenoxy) is 1. The molecule has 0 heterocycles. The first-order valence-corrected chi connectivity index (χ1v) is 7.17. The molecule has 2 unspecified atom stereocenters. The van der Waals surface area contributed by atoms with Crippen LogP contribution < -0.4 is 0 Å². The summed E-state index contributed by atoms with van der Waals surface area (Å²) in [5, 5.41) is -0.489. The van der Waals surface area contributed by atoms with Crippen LogP contribution in [0, 0.1) is 81.2 Å². The van der Waals surface area contributed by atoms with Crippen LogP contribution in [0.1, 0.15) is 20.3 Å². The molecule has 0 fully saturated rings. The van der Waals surface area contributed by atoms with E-state index in [-0.39, 0.29) is 79.1 Å². The maximum absolute atomic E-state index is 6.15. The fraction of sp³-hybridized carbons (Fsp3) is 0.818. The van der Waals surface area contributed by atoms with Gasteiger partial charge in [-0.25, -0.2) is 0 Å². The zero-order chi connectivity index (χ0) is 12.6. The Hall–Kier alpha value is 3.22. The smallest absolute Gasteiger partial charge is 0.0509 e. The molecule has 0 aliphatic heterocycles. The SMILES string of the molecule is C[CH-][C@H](C)CC(Cl)C(Cl)[CH-]OC(CCl)CCl.[U].[U]. The Balaban J connectivity index is -0.00000112. The summed E-state index contributed by atoms with van der Waals surface area (Å²) in [7, 11) is 0. The maximum atomic E-state index is 6.15. The van der Waals surface area contributed by atoms with Gasteiger partial charge in [0.15, 0.2) is 0 Å². The summed E-state index contributed by atoms with van der Waals surface area (Å²) in [5.41, 5.74) is 0. The molecule has 0 aliphatic carbocycles. The van der Waals surface area contributed by atoms with E-state index in [9.17, 15) is 0 Å². The van der Waals surface area contributed by atoms with Crippen molar-refractivity contribution in [1.82, 2.24) is 0 Å². The zero-order valence-corrected chi connectivity index (χ0v) is 21.9. The molecule has 0 aliphatic rings. The van der Waals surface area contributed by atoms with Gasteiger partial charge in [-0.1, -0.05) is 18.7 Å². The van der Waals surface area contributed by atoms with Crippen LogP contribution >= 0.6 is 46.4 Å². The average Bonchev–Trinajstić information content (AvgIpc) is 2.29. The van der Waals surface area contributed by atoms with E-state index in [4.69, 9.17) is 51.1 Å². The van der Waals surface area contributed by atoms with Crippen molar-refractivity contribution in [2.75, 3.05) is 11.8 Å². The number of rotatable bonds is 9. The number of hydrogen-bond donors (Lipinski definition) is 0. The average molecular weight is 784 g/mol. The van der Waals surface area contributed by atoms with Crippen molar-refractivity contribution in [2.24, 2.45) is 5.92 Å². The molecular formula is C11H18Cl4OU2-2. The summed E-state index contributed by atoms with van der Waals surface area (Å²) < 4.78 is 5.32. The minimum absolute atomic E-state index is 0. The van der Waals surface area contributed by atoms with Gasteiger partial charge in [-0.2, -0.15) is 31.0 Å². The molecule has 0 amide bonds. The van der Waals surface area contributed by atoms with E-state index < -0.39 is 0 Å². The second-order valence-electron chi connectivity index (χ2n) is 3.71. The van der Waals surface area contributed by atoms with Crippen molar-refractivity contribution in [3.05, 3.63) is 13.0 Å². The van der Waals surface area contributed by atoms with Crippen LogP contribution in [0.25, 0.3) is 0 Å². The summed E-state index contributed by atoms with van der Waals surface area (Å²) >= 11 is 23.5. The number of hydrogen-bond acceptors (Lipinski definition) is 1. The van der Waals surface area contributed by atoms with Crippen LogP contribution in [0.2, 0.25) is 0 Å². The molecular weight excluding hydrogens is 766 g/mol. The first-order chi connectivity index (χ1) is 7.54. The molecule has 0 saturated carbocycles. The Morgan fingerprint density at radius 2 is 1.61 bits per heavy atom. The third kappa shape index (κ3) is 12.9. The van der Waals surface area contributed by atoms with Crippen LogP contribution in [0.3, 0.4) is 0 Å². The molecule has 7 heteroatoms. The Bertz CT molecular complexity index is 173. The predicted molar refractivity (Wildman–Crippen MR) is 73.7 cm³/mol. The minimum Gasteiger partial charge on any atom is -0.547 e. The minimum atomic E-state index is -0.335. The third-order valence-corrected chi connectivity index (χ3v) is 3.93. The van der Waals surface area contributed by atoms with Gasteiger partial charge in [0, 0.05) is 79.4 Å². The van der Waals surface area contributed by atoms with Crippen molar-refractivity contribution >= 4 is 46.4 Å². The predicted octanol–water partition coefficient (Wildman–Crippen LogP) is 4.48. The first kappa shape index (κ1) is 26.1. The summed E-state index contributed by atoms with van der Waals surface area (Å²) in [4.78, 5) is 0. The van der Waals surface area contributed by atoms with E-state index in [1.807, 2.05) is 6.92 Å². The Morgan fingerprint density at radius 1 is 1.11 bits per heavy atom. The van der Waals surface area contributed by atoms with Crippen LogP contribution in [0.4, 0.5) is 0 Å². The van der Waals surface area contributed by atoms with Gasteiger partial charge >= 0.3 is 0 Å². The molecule has 0 aromatic carbocycles. The van der Waals surface area contributed by atoms with Crippen molar-refractivity contribution in [3.63, 3.8) is 0 Å². The summed E-state index contributed by atoms with van der Waals surface area (Å²) in [6.07, 6.45) is 2.71. The Morgan fingerprint density at radius 3 is 2.00 bits per heavy atom. The van der Waals surface area contributed by atoms with Crippen molar-refractivity contribution in [3.8, 4) is 0 Å². The van der Waals surface area contributed by atoms with Gasteiger partial charge in [0.1, 0.15) is 0 Å². The van der Waals surface area contributed by atoms with Crippen LogP contribution in [0.5, 0.6) is 0 Å². The summed E-state index contributed by atoms with van der Waals surface area (Å²) in [6, 6.07) is 0. The van der Waals surface area contributed by atoms with Gasteiger partial charge in [-0.15, -0.1) is 34.8 Å². The third-order valence-electron chi connectivity index (χ3n) is 2.26. The summed E-state index contributed by atoms with van der Waals surface area (Å²) in [5.74, 6) is 1.12. The second kappa shape index (κ2) is 16.6. The molecule has 0 saturated heterocycles. The van der Waals surface area contributed by atoms with Gasteiger partial charge < -0.3 is 11.2 Å². The van der Waals surface area contributed by atoms with Gasteiger partial charge in [-0.05, 0) is 0 Å². The molecule has 0 spiro atoms. The molecule has 106 valence electrons.